The molecule has 3 rings (SSSR count). The van der Waals surface area contributed by atoms with E-state index in [1.54, 1.807) is 18.4 Å². The van der Waals surface area contributed by atoms with E-state index in [1.165, 1.54) is 12.1 Å². The van der Waals surface area contributed by atoms with Crippen molar-refractivity contribution in [2.75, 3.05) is 32.8 Å². The molecule has 1 amide bonds. The highest BCUT2D eigenvalue weighted by atomic mass is 19.1. The smallest absolute Gasteiger partial charge is 0.227 e. The van der Waals surface area contributed by atoms with Crippen LogP contribution in [0.25, 0.3) is 0 Å². The summed E-state index contributed by atoms with van der Waals surface area (Å²) in [6.45, 7) is 5.38. The molecule has 2 aromatic rings. The molecule has 5 nitrogen and oxygen atoms in total. The van der Waals surface area contributed by atoms with E-state index in [-0.39, 0.29) is 23.7 Å². The number of halogens is 1. The molecule has 0 radical (unpaired) electrons. The Hall–Kier alpha value is -2.18. The minimum atomic E-state index is -0.297. The molecule has 140 valence electrons. The van der Waals surface area contributed by atoms with Crippen molar-refractivity contribution in [3.63, 3.8) is 0 Å². The van der Waals surface area contributed by atoms with E-state index in [2.05, 4.69) is 10.2 Å². The Balaban J connectivity index is 1.67. The van der Waals surface area contributed by atoms with Gasteiger partial charge in [-0.1, -0.05) is 19.1 Å². The second-order valence-electron chi connectivity index (χ2n) is 6.44. The number of benzene rings is 1. The predicted octanol–water partition coefficient (Wildman–Crippen LogP) is 3.10. The molecule has 6 heteroatoms. The largest absolute Gasteiger partial charge is 0.468 e. The normalized spacial score (nSPS) is 17.6. The number of furan rings is 1. The molecule has 1 saturated heterocycles. The number of nitrogens with one attached hydrogen (secondary N) is 1. The Bertz CT molecular complexity index is 682. The van der Waals surface area contributed by atoms with E-state index in [4.69, 9.17) is 9.15 Å². The number of carbonyl (C=O) groups is 1. The van der Waals surface area contributed by atoms with Crippen LogP contribution in [0.4, 0.5) is 4.39 Å². The van der Waals surface area contributed by atoms with E-state index in [0.29, 0.717) is 26.2 Å². The van der Waals surface area contributed by atoms with Crippen LogP contribution in [-0.4, -0.2) is 43.7 Å². The lowest BCUT2D eigenvalue weighted by Crippen LogP contribution is -2.44. The number of nitrogens with zero attached hydrogens (tertiary/aromatic N) is 1. The minimum absolute atomic E-state index is 0.0245. The molecule has 26 heavy (non-hydrogen) atoms. The number of rotatable bonds is 7. The Morgan fingerprint density at radius 3 is 2.58 bits per heavy atom. The Morgan fingerprint density at radius 1 is 1.23 bits per heavy atom. The molecule has 1 aromatic heterocycles. The Morgan fingerprint density at radius 2 is 1.96 bits per heavy atom. The molecule has 2 atom stereocenters. The highest BCUT2D eigenvalue weighted by molar-refractivity contribution is 5.83. The first-order valence-corrected chi connectivity index (χ1v) is 9.07. The summed E-state index contributed by atoms with van der Waals surface area (Å²) < 4.78 is 24.2. The summed E-state index contributed by atoms with van der Waals surface area (Å²) in [5, 5.41) is 3.06. The van der Waals surface area contributed by atoms with Gasteiger partial charge < -0.3 is 14.5 Å². The van der Waals surface area contributed by atoms with Crippen LogP contribution in [0.3, 0.4) is 0 Å². The lowest BCUT2D eigenvalue weighted by Gasteiger charge is -2.33. The van der Waals surface area contributed by atoms with Crippen LogP contribution in [0.5, 0.6) is 0 Å². The lowest BCUT2D eigenvalue weighted by molar-refractivity contribution is -0.123. The first kappa shape index (κ1) is 18.6. The third-order valence-corrected chi connectivity index (χ3v) is 4.82. The predicted molar refractivity (Wildman–Crippen MR) is 96.3 cm³/mol. The highest BCUT2D eigenvalue weighted by Crippen LogP contribution is 2.24. The van der Waals surface area contributed by atoms with Crippen molar-refractivity contribution in [1.29, 1.82) is 0 Å². The van der Waals surface area contributed by atoms with Crippen molar-refractivity contribution in [3.05, 3.63) is 59.8 Å². The van der Waals surface area contributed by atoms with Crippen LogP contribution in [0.15, 0.2) is 47.1 Å². The molecular weight excluding hydrogens is 335 g/mol. The second kappa shape index (κ2) is 8.96. The third kappa shape index (κ3) is 4.51. The maximum absolute atomic E-state index is 13.1. The van der Waals surface area contributed by atoms with Crippen LogP contribution in [0.2, 0.25) is 0 Å². The number of morpholine rings is 1. The topological polar surface area (TPSA) is 54.7 Å². The van der Waals surface area contributed by atoms with Crippen LogP contribution in [-0.2, 0) is 9.53 Å². The van der Waals surface area contributed by atoms with Crippen LogP contribution in [0, 0.1) is 5.82 Å². The van der Waals surface area contributed by atoms with E-state index in [9.17, 15) is 9.18 Å². The van der Waals surface area contributed by atoms with E-state index in [0.717, 1.165) is 24.4 Å². The van der Waals surface area contributed by atoms with Gasteiger partial charge in [0.15, 0.2) is 0 Å². The number of amides is 1. The lowest BCUT2D eigenvalue weighted by atomic mass is 9.95. The summed E-state index contributed by atoms with van der Waals surface area (Å²) in [7, 11) is 0. The fourth-order valence-electron chi connectivity index (χ4n) is 3.37. The molecule has 1 aliphatic heterocycles. The Kier molecular flexibility index (Phi) is 6.41. The quantitative estimate of drug-likeness (QED) is 0.824. The summed E-state index contributed by atoms with van der Waals surface area (Å²) in [5.41, 5.74) is 0.826. The van der Waals surface area contributed by atoms with Gasteiger partial charge in [0.05, 0.1) is 31.4 Å². The van der Waals surface area contributed by atoms with E-state index < -0.39 is 0 Å². The van der Waals surface area contributed by atoms with Gasteiger partial charge in [-0.15, -0.1) is 0 Å². The molecule has 2 heterocycles. The van der Waals surface area contributed by atoms with E-state index in [1.807, 2.05) is 19.1 Å². The molecule has 0 spiro atoms. The summed E-state index contributed by atoms with van der Waals surface area (Å²) in [4.78, 5) is 15.0. The van der Waals surface area contributed by atoms with Gasteiger partial charge in [-0.3, -0.25) is 9.69 Å². The summed E-state index contributed by atoms with van der Waals surface area (Å²) in [6.07, 6.45) is 2.30. The first-order valence-electron chi connectivity index (χ1n) is 9.07. The Labute approximate surface area is 153 Å². The van der Waals surface area contributed by atoms with Crippen molar-refractivity contribution in [2.45, 2.75) is 25.3 Å². The van der Waals surface area contributed by atoms with Crippen LogP contribution in [0.1, 0.15) is 36.6 Å². The van der Waals surface area contributed by atoms with E-state index >= 15 is 0 Å². The molecule has 2 unspecified atom stereocenters. The molecule has 1 fully saturated rings. The first-order chi connectivity index (χ1) is 12.7. The third-order valence-electron chi connectivity index (χ3n) is 4.82. The number of carbonyl (C=O) groups excluding carboxylic acids is 1. The van der Waals surface area contributed by atoms with Crippen molar-refractivity contribution < 1.29 is 18.3 Å². The summed E-state index contributed by atoms with van der Waals surface area (Å²) in [6, 6.07) is 9.91. The fraction of sp³-hybridized carbons (Fsp3) is 0.450. The van der Waals surface area contributed by atoms with Gasteiger partial charge in [0.25, 0.3) is 0 Å². The van der Waals surface area contributed by atoms with Gasteiger partial charge >= 0.3 is 0 Å². The summed E-state index contributed by atoms with van der Waals surface area (Å²) in [5.74, 6) is 0.192. The van der Waals surface area contributed by atoms with Gasteiger partial charge in [0.2, 0.25) is 5.91 Å². The van der Waals surface area contributed by atoms with Gasteiger partial charge in [-0.2, -0.15) is 0 Å². The molecule has 0 aliphatic carbocycles. The maximum Gasteiger partial charge on any atom is 0.227 e. The fourth-order valence-corrected chi connectivity index (χ4v) is 3.37. The van der Waals surface area contributed by atoms with Crippen molar-refractivity contribution in [3.8, 4) is 0 Å². The number of hydrogen-bond donors (Lipinski definition) is 1. The SMILES string of the molecule is CCC(C(=O)NCC(c1ccco1)N1CCOCC1)c1ccc(F)cc1. The van der Waals surface area contributed by atoms with Gasteiger partial charge in [-0.25, -0.2) is 4.39 Å². The molecule has 1 aromatic carbocycles. The second-order valence-corrected chi connectivity index (χ2v) is 6.44. The molecule has 1 aliphatic rings. The van der Waals surface area contributed by atoms with Gasteiger partial charge in [0.1, 0.15) is 11.6 Å². The van der Waals surface area contributed by atoms with Crippen LogP contribution < -0.4 is 5.32 Å². The zero-order valence-electron chi connectivity index (χ0n) is 15.0. The standard InChI is InChI=1S/C20H25FN2O3/c1-2-17(15-5-7-16(21)8-6-15)20(24)22-14-18(19-4-3-11-26-19)23-9-12-25-13-10-23/h3-8,11,17-18H,2,9-10,12-14H2,1H3,(H,22,24). The van der Waals surface area contributed by atoms with Crippen molar-refractivity contribution >= 4 is 5.91 Å². The average molecular weight is 360 g/mol. The van der Waals surface area contributed by atoms with Gasteiger partial charge in [-0.05, 0) is 36.2 Å². The maximum atomic E-state index is 13.1. The number of hydrogen-bond acceptors (Lipinski definition) is 4. The monoisotopic (exact) mass is 360 g/mol. The minimum Gasteiger partial charge on any atom is -0.468 e. The molecular formula is C20H25FN2O3. The van der Waals surface area contributed by atoms with Gasteiger partial charge in [0, 0.05) is 19.6 Å². The molecule has 0 saturated carbocycles. The molecule has 1 N–H and O–H groups in total. The van der Waals surface area contributed by atoms with Crippen LogP contribution >= 0.6 is 0 Å². The van der Waals surface area contributed by atoms with Crippen molar-refractivity contribution in [2.24, 2.45) is 0 Å². The summed E-state index contributed by atoms with van der Waals surface area (Å²) >= 11 is 0. The number of ether oxygens (including phenoxy) is 1. The zero-order valence-corrected chi connectivity index (χ0v) is 15.0. The highest BCUT2D eigenvalue weighted by Gasteiger charge is 2.26. The zero-order chi connectivity index (χ0) is 18.4. The van der Waals surface area contributed by atoms with Crippen molar-refractivity contribution in [1.82, 2.24) is 10.2 Å². The molecule has 0 bridgehead atoms. The average Bonchev–Trinajstić information content (AvgIpc) is 3.19.